The lowest BCUT2D eigenvalue weighted by Gasteiger charge is -2.26. The molecule has 3 heterocycles. The third-order valence-corrected chi connectivity index (χ3v) is 7.96. The van der Waals surface area contributed by atoms with Gasteiger partial charge in [0.1, 0.15) is 0 Å². The van der Waals surface area contributed by atoms with Gasteiger partial charge in [-0.1, -0.05) is 0 Å². The first kappa shape index (κ1) is 20.8. The van der Waals surface area contributed by atoms with E-state index < -0.39 is 10.0 Å². The normalized spacial score (nSPS) is 19.0. The van der Waals surface area contributed by atoms with E-state index in [1.54, 1.807) is 23.1 Å². The summed E-state index contributed by atoms with van der Waals surface area (Å²) in [5.74, 6) is -0.102. The molecule has 1 fully saturated rings. The number of benzene rings is 1. The van der Waals surface area contributed by atoms with Crippen molar-refractivity contribution in [1.29, 1.82) is 0 Å². The number of carbonyl (C=O) groups is 1. The van der Waals surface area contributed by atoms with Crippen LogP contribution in [0.15, 0.2) is 29.2 Å². The number of hydrogen-bond acceptors (Lipinski definition) is 4. The van der Waals surface area contributed by atoms with Crippen LogP contribution in [0.1, 0.15) is 29.4 Å². The molecule has 30 heavy (non-hydrogen) atoms. The maximum Gasteiger partial charge on any atom is 0.258 e. The molecule has 4 rings (SSSR count). The Hall–Kier alpha value is -2.42. The molecule has 8 heteroatoms. The quantitative estimate of drug-likeness (QED) is 0.701. The number of aryl methyl sites for hydroxylation is 1. The number of amides is 1. The highest BCUT2D eigenvalue weighted by molar-refractivity contribution is 7.89. The van der Waals surface area contributed by atoms with E-state index in [2.05, 4.69) is 4.57 Å². The predicted octanol–water partition coefficient (Wildman–Crippen LogP) is 2.57. The van der Waals surface area contributed by atoms with Gasteiger partial charge < -0.3 is 14.2 Å². The summed E-state index contributed by atoms with van der Waals surface area (Å²) >= 11 is 0. The highest BCUT2D eigenvalue weighted by Gasteiger charge is 2.34. The number of carbonyl (C=O) groups excluding carboxylic acids is 1. The first-order chi connectivity index (χ1) is 14.3. The number of fused-ring (bicyclic) bond motifs is 1. The highest BCUT2D eigenvalue weighted by Crippen LogP contribution is 2.40. The average Bonchev–Trinajstić information content (AvgIpc) is 3.15. The average molecular weight is 430 g/mol. The molecule has 0 bridgehead atoms. The molecule has 0 N–H and O–H groups in total. The molecule has 2 aromatic rings. The van der Waals surface area contributed by atoms with Crippen molar-refractivity contribution in [3.63, 3.8) is 0 Å². The number of nitrogens with zero attached hydrogens (tertiary/aromatic N) is 3. The third-order valence-electron chi connectivity index (χ3n) is 6.06. The largest absolute Gasteiger partial charge is 0.379 e. The van der Waals surface area contributed by atoms with Crippen LogP contribution in [0.4, 0.5) is 5.69 Å². The molecule has 0 unspecified atom stereocenters. The summed E-state index contributed by atoms with van der Waals surface area (Å²) in [4.78, 5) is 15.0. The zero-order valence-corrected chi connectivity index (χ0v) is 18.6. The molecule has 0 radical (unpaired) electrons. The van der Waals surface area contributed by atoms with Gasteiger partial charge in [-0.3, -0.25) is 4.79 Å². The fourth-order valence-electron chi connectivity index (χ4n) is 4.07. The molecule has 0 saturated carbocycles. The van der Waals surface area contributed by atoms with E-state index in [1.807, 2.05) is 40.0 Å². The van der Waals surface area contributed by atoms with E-state index in [-0.39, 0.29) is 10.8 Å². The van der Waals surface area contributed by atoms with E-state index in [0.717, 1.165) is 22.6 Å². The molecule has 1 aromatic heterocycles. The van der Waals surface area contributed by atoms with Gasteiger partial charge in [-0.2, -0.15) is 4.31 Å². The van der Waals surface area contributed by atoms with Crippen LogP contribution in [0.3, 0.4) is 0 Å². The Morgan fingerprint density at radius 3 is 2.43 bits per heavy atom. The van der Waals surface area contributed by atoms with Crippen LogP contribution >= 0.6 is 0 Å². The van der Waals surface area contributed by atoms with Crippen molar-refractivity contribution in [3.05, 3.63) is 46.8 Å². The second-order valence-electron chi connectivity index (χ2n) is 7.69. The van der Waals surface area contributed by atoms with Crippen LogP contribution in [-0.4, -0.2) is 56.0 Å². The van der Waals surface area contributed by atoms with Crippen LogP contribution in [0.2, 0.25) is 0 Å². The Bertz CT molecular complexity index is 1140. The summed E-state index contributed by atoms with van der Waals surface area (Å²) in [5, 5.41) is 0. The molecular formula is C22H27N3O4S. The summed E-state index contributed by atoms with van der Waals surface area (Å²) in [6, 6.07) is 7.03. The molecule has 0 spiro atoms. The maximum absolute atomic E-state index is 13.1. The molecule has 1 saturated heterocycles. The SMILES string of the molecule is CCN1C(=O)/C(=C\c2cc(C)n(C)c2C)c2cc(S(=O)(=O)N3CCOCC3)ccc21. The summed E-state index contributed by atoms with van der Waals surface area (Å²) in [6.45, 7) is 7.93. The van der Waals surface area contributed by atoms with Crippen LogP contribution < -0.4 is 4.90 Å². The number of hydrogen-bond donors (Lipinski definition) is 0. The van der Waals surface area contributed by atoms with Crippen LogP contribution in [0.5, 0.6) is 0 Å². The van der Waals surface area contributed by atoms with Gasteiger partial charge in [0, 0.05) is 49.2 Å². The van der Waals surface area contributed by atoms with Gasteiger partial charge in [-0.15, -0.1) is 0 Å². The summed E-state index contributed by atoms with van der Waals surface area (Å²) < 4.78 is 35.1. The molecular weight excluding hydrogens is 402 g/mol. The van der Waals surface area contributed by atoms with Gasteiger partial charge in [0.25, 0.3) is 5.91 Å². The van der Waals surface area contributed by atoms with E-state index in [0.29, 0.717) is 44.0 Å². The van der Waals surface area contributed by atoms with Gasteiger partial charge in [-0.25, -0.2) is 8.42 Å². The van der Waals surface area contributed by atoms with E-state index in [4.69, 9.17) is 4.74 Å². The molecule has 2 aliphatic heterocycles. The summed E-state index contributed by atoms with van der Waals surface area (Å²) in [7, 11) is -1.65. The van der Waals surface area contributed by atoms with Gasteiger partial charge in [0.2, 0.25) is 10.0 Å². The van der Waals surface area contributed by atoms with Crippen molar-refractivity contribution < 1.29 is 17.9 Å². The number of sulfonamides is 1. The first-order valence-corrected chi connectivity index (χ1v) is 11.6. The molecule has 7 nitrogen and oxygen atoms in total. The summed E-state index contributed by atoms with van der Waals surface area (Å²) in [5.41, 5.74) is 5.06. The number of anilines is 1. The van der Waals surface area contributed by atoms with Crippen LogP contribution in [0, 0.1) is 13.8 Å². The maximum atomic E-state index is 13.1. The van der Waals surface area contributed by atoms with E-state index in [9.17, 15) is 13.2 Å². The molecule has 2 aliphatic rings. The van der Waals surface area contributed by atoms with Crippen LogP contribution in [0.25, 0.3) is 11.6 Å². The van der Waals surface area contributed by atoms with Gasteiger partial charge >= 0.3 is 0 Å². The van der Waals surface area contributed by atoms with Crippen molar-refractivity contribution in [2.45, 2.75) is 25.7 Å². The smallest absolute Gasteiger partial charge is 0.258 e. The Balaban J connectivity index is 1.83. The molecule has 0 atom stereocenters. The standard InChI is InChI=1S/C22H27N3O4S/c1-5-25-21-7-6-18(30(27,28)24-8-10-29-11-9-24)14-19(21)20(22(25)26)13-17-12-15(2)23(4)16(17)3/h6-7,12-14H,5,8-11H2,1-4H3/b20-13-. The van der Waals surface area contributed by atoms with Gasteiger partial charge in [0.05, 0.1) is 23.8 Å². The Morgan fingerprint density at radius 1 is 1.13 bits per heavy atom. The van der Waals surface area contributed by atoms with Gasteiger partial charge in [-0.05, 0) is 56.7 Å². The number of morpholine rings is 1. The Labute approximate surface area is 177 Å². The second kappa shape index (κ2) is 7.68. The highest BCUT2D eigenvalue weighted by atomic mass is 32.2. The molecule has 1 amide bonds. The molecule has 160 valence electrons. The zero-order valence-electron chi connectivity index (χ0n) is 17.8. The van der Waals surface area contributed by atoms with Crippen molar-refractivity contribution in [2.75, 3.05) is 37.7 Å². The zero-order chi connectivity index (χ0) is 21.6. The van der Waals surface area contributed by atoms with Crippen molar-refractivity contribution >= 4 is 33.3 Å². The van der Waals surface area contributed by atoms with Crippen molar-refractivity contribution in [2.24, 2.45) is 7.05 Å². The Morgan fingerprint density at radius 2 is 1.83 bits per heavy atom. The minimum absolute atomic E-state index is 0.102. The lowest BCUT2D eigenvalue weighted by atomic mass is 10.0. The van der Waals surface area contributed by atoms with E-state index >= 15 is 0 Å². The first-order valence-electron chi connectivity index (χ1n) is 10.1. The second-order valence-corrected chi connectivity index (χ2v) is 9.63. The van der Waals surface area contributed by atoms with Crippen molar-refractivity contribution in [3.8, 4) is 0 Å². The Kier molecular flexibility index (Phi) is 5.34. The fourth-order valence-corrected chi connectivity index (χ4v) is 5.51. The summed E-state index contributed by atoms with van der Waals surface area (Å²) in [6.07, 6.45) is 1.88. The minimum Gasteiger partial charge on any atom is -0.379 e. The molecule has 1 aromatic carbocycles. The number of rotatable bonds is 4. The fraction of sp³-hybridized carbons (Fsp3) is 0.409. The molecule has 0 aliphatic carbocycles. The third kappa shape index (κ3) is 3.29. The topological polar surface area (TPSA) is 71.9 Å². The monoisotopic (exact) mass is 429 g/mol. The number of ether oxygens (including phenoxy) is 1. The lowest BCUT2D eigenvalue weighted by molar-refractivity contribution is -0.112. The number of likely N-dealkylation sites (N-methyl/N-ethyl adjacent to an activating group) is 1. The van der Waals surface area contributed by atoms with Crippen LogP contribution in [-0.2, 0) is 26.6 Å². The van der Waals surface area contributed by atoms with E-state index in [1.165, 1.54) is 4.31 Å². The van der Waals surface area contributed by atoms with Gasteiger partial charge in [0.15, 0.2) is 0 Å². The van der Waals surface area contributed by atoms with Crippen molar-refractivity contribution in [1.82, 2.24) is 8.87 Å². The lowest BCUT2D eigenvalue weighted by Crippen LogP contribution is -2.40. The minimum atomic E-state index is -3.64. The number of aromatic nitrogens is 1. The predicted molar refractivity (Wildman–Crippen MR) is 117 cm³/mol.